The second-order valence-electron chi connectivity index (χ2n) is 16.4. The Morgan fingerprint density at radius 3 is 1.31 bits per heavy atom. The number of aliphatic hydroxyl groups is 1. The van der Waals surface area contributed by atoms with Gasteiger partial charge < -0.3 is 19.8 Å². The molecule has 51 heavy (non-hydrogen) atoms. The molecule has 9 heteroatoms. The molecule has 0 fully saturated rings. The normalized spacial score (nSPS) is 14.4. The maximum absolute atomic E-state index is 12.8. The Morgan fingerprint density at radius 2 is 0.941 bits per heavy atom. The van der Waals surface area contributed by atoms with Gasteiger partial charge in [-0.3, -0.25) is 13.8 Å². The van der Waals surface area contributed by atoms with Crippen LogP contribution in [0.25, 0.3) is 0 Å². The molecule has 3 unspecified atom stereocenters. The van der Waals surface area contributed by atoms with E-state index >= 15 is 0 Å². The maximum Gasteiger partial charge on any atom is 0.472 e. The van der Waals surface area contributed by atoms with Gasteiger partial charge in [-0.25, -0.2) is 4.57 Å². The summed E-state index contributed by atoms with van der Waals surface area (Å²) in [4.78, 5) is 23.0. The van der Waals surface area contributed by atoms with Crippen LogP contribution >= 0.6 is 7.82 Å². The molecule has 0 aromatic heterocycles. The van der Waals surface area contributed by atoms with E-state index in [1.807, 2.05) is 21.1 Å². The van der Waals surface area contributed by atoms with Crippen LogP contribution in [-0.2, 0) is 18.4 Å². The zero-order valence-electron chi connectivity index (χ0n) is 34.6. The van der Waals surface area contributed by atoms with Gasteiger partial charge in [-0.05, 0) is 12.8 Å². The third-order valence-corrected chi connectivity index (χ3v) is 11.1. The molecule has 0 radical (unpaired) electrons. The number of phosphoric acid groups is 1. The molecule has 306 valence electrons. The monoisotopic (exact) mass is 748 g/mol. The highest BCUT2D eigenvalue weighted by Gasteiger charge is 2.28. The molecule has 8 nitrogen and oxygen atoms in total. The van der Waals surface area contributed by atoms with E-state index in [-0.39, 0.29) is 19.1 Å². The lowest BCUT2D eigenvalue weighted by Crippen LogP contribution is -2.46. The molecule has 1 amide bonds. The van der Waals surface area contributed by atoms with Gasteiger partial charge in [-0.1, -0.05) is 194 Å². The van der Waals surface area contributed by atoms with Crippen LogP contribution in [-0.4, -0.2) is 73.4 Å². The summed E-state index contributed by atoms with van der Waals surface area (Å²) in [6.45, 7) is 4.84. The van der Waals surface area contributed by atoms with Gasteiger partial charge in [0.25, 0.3) is 0 Å². The fourth-order valence-electron chi connectivity index (χ4n) is 6.58. The Balaban J connectivity index is 4.01. The molecular weight excluding hydrogens is 659 g/mol. The van der Waals surface area contributed by atoms with Gasteiger partial charge in [-0.15, -0.1) is 0 Å². The number of carbonyl (C=O) groups is 1. The standard InChI is InChI=1S/C42H87N2O6P/c1-6-8-10-12-14-15-16-17-18-19-20-21-22-23-24-25-26-27-28-29-30-32-34-36-42(46)43-40(41(45)35-33-31-13-11-9-7-2)39-50-51(47,48)49-38-37-44(3,4)5/h40-41,45H,6-39H2,1-5H3,(H-,43,46,47,48)/p+1. The number of carbonyl (C=O) groups excluding carboxylic acids is 1. The molecule has 0 aliphatic heterocycles. The lowest BCUT2D eigenvalue weighted by Gasteiger charge is -2.26. The summed E-state index contributed by atoms with van der Waals surface area (Å²) in [6, 6.07) is -0.750. The first kappa shape index (κ1) is 50.5. The highest BCUT2D eigenvalue weighted by Crippen LogP contribution is 2.43. The molecule has 0 aliphatic rings. The second-order valence-corrected chi connectivity index (χ2v) is 17.9. The van der Waals surface area contributed by atoms with Crippen molar-refractivity contribution in [2.75, 3.05) is 40.9 Å². The van der Waals surface area contributed by atoms with Crippen molar-refractivity contribution in [2.45, 2.75) is 225 Å². The van der Waals surface area contributed by atoms with Crippen LogP contribution < -0.4 is 5.32 Å². The largest absolute Gasteiger partial charge is 0.472 e. The van der Waals surface area contributed by atoms with Crippen molar-refractivity contribution in [1.29, 1.82) is 0 Å². The molecule has 0 saturated heterocycles. The fraction of sp³-hybridized carbons (Fsp3) is 0.976. The van der Waals surface area contributed by atoms with E-state index in [4.69, 9.17) is 9.05 Å². The van der Waals surface area contributed by atoms with Crippen LogP contribution in [0.3, 0.4) is 0 Å². The molecule has 3 atom stereocenters. The van der Waals surface area contributed by atoms with Crippen LogP contribution in [0.5, 0.6) is 0 Å². The van der Waals surface area contributed by atoms with E-state index < -0.39 is 20.0 Å². The van der Waals surface area contributed by atoms with Crippen molar-refractivity contribution in [3.63, 3.8) is 0 Å². The zero-order valence-corrected chi connectivity index (χ0v) is 35.5. The minimum Gasteiger partial charge on any atom is -0.391 e. The van der Waals surface area contributed by atoms with E-state index in [2.05, 4.69) is 19.2 Å². The number of hydrogen-bond donors (Lipinski definition) is 3. The molecule has 0 aromatic rings. The summed E-state index contributed by atoms with van der Waals surface area (Å²) in [5, 5.41) is 13.8. The van der Waals surface area contributed by atoms with E-state index in [0.717, 1.165) is 38.5 Å². The van der Waals surface area contributed by atoms with E-state index in [9.17, 15) is 19.4 Å². The van der Waals surface area contributed by atoms with Crippen molar-refractivity contribution in [3.05, 3.63) is 0 Å². The lowest BCUT2D eigenvalue weighted by atomic mass is 10.0. The Morgan fingerprint density at radius 1 is 0.588 bits per heavy atom. The Kier molecular flexibility index (Phi) is 34.9. The molecular formula is C42H88N2O6P+. The molecule has 0 rings (SSSR count). The molecule has 0 aliphatic carbocycles. The molecule has 0 bridgehead atoms. The number of aliphatic hydroxyl groups excluding tert-OH is 1. The van der Waals surface area contributed by atoms with Gasteiger partial charge in [0.2, 0.25) is 5.91 Å². The molecule has 0 aromatic carbocycles. The first-order valence-corrected chi connectivity index (χ1v) is 23.4. The fourth-order valence-corrected chi connectivity index (χ4v) is 7.31. The van der Waals surface area contributed by atoms with Crippen molar-refractivity contribution in [2.24, 2.45) is 0 Å². The van der Waals surface area contributed by atoms with E-state index in [1.54, 1.807) is 0 Å². The van der Waals surface area contributed by atoms with Gasteiger partial charge in [0, 0.05) is 6.42 Å². The minimum absolute atomic E-state index is 0.0775. The Hall–Kier alpha value is -0.500. The SMILES string of the molecule is CCCCCCCCCCCCCCCCCCCCCCCCCC(=O)NC(COP(=O)(O)OCC[N+](C)(C)C)C(O)CCCCCCCC. The van der Waals surface area contributed by atoms with Crippen LogP contribution in [0.4, 0.5) is 0 Å². The van der Waals surface area contributed by atoms with Crippen molar-refractivity contribution in [3.8, 4) is 0 Å². The van der Waals surface area contributed by atoms with Gasteiger partial charge in [-0.2, -0.15) is 0 Å². The molecule has 0 heterocycles. The lowest BCUT2D eigenvalue weighted by molar-refractivity contribution is -0.870. The minimum atomic E-state index is -4.29. The molecule has 0 saturated carbocycles. The average molecular weight is 748 g/mol. The van der Waals surface area contributed by atoms with Crippen LogP contribution in [0, 0.1) is 0 Å². The first-order valence-electron chi connectivity index (χ1n) is 21.9. The van der Waals surface area contributed by atoms with E-state index in [0.29, 0.717) is 23.9 Å². The number of phosphoric ester groups is 1. The second kappa shape index (κ2) is 35.2. The van der Waals surface area contributed by atoms with Crippen LogP contribution in [0.15, 0.2) is 0 Å². The van der Waals surface area contributed by atoms with Crippen molar-refractivity contribution in [1.82, 2.24) is 5.32 Å². The number of nitrogens with zero attached hydrogens (tertiary/aromatic N) is 1. The number of unbranched alkanes of at least 4 members (excludes halogenated alkanes) is 27. The van der Waals surface area contributed by atoms with Gasteiger partial charge in [0.15, 0.2) is 0 Å². The van der Waals surface area contributed by atoms with Gasteiger partial charge in [0.05, 0.1) is 39.9 Å². The van der Waals surface area contributed by atoms with Crippen LogP contribution in [0.2, 0.25) is 0 Å². The summed E-state index contributed by atoms with van der Waals surface area (Å²) < 4.78 is 23.4. The molecule has 0 spiro atoms. The number of rotatable bonds is 40. The number of nitrogens with one attached hydrogen (secondary N) is 1. The van der Waals surface area contributed by atoms with Gasteiger partial charge >= 0.3 is 7.82 Å². The Labute approximate surface area is 317 Å². The predicted octanol–water partition coefficient (Wildman–Crippen LogP) is 11.8. The maximum atomic E-state index is 12.8. The summed E-state index contributed by atoms with van der Waals surface area (Å²) in [6.07, 6.45) is 37.4. The number of amides is 1. The summed E-state index contributed by atoms with van der Waals surface area (Å²) >= 11 is 0. The highest BCUT2D eigenvalue weighted by atomic mass is 31.2. The zero-order chi connectivity index (χ0) is 37.9. The van der Waals surface area contributed by atoms with E-state index in [1.165, 1.54) is 148 Å². The predicted molar refractivity (Wildman–Crippen MR) is 217 cm³/mol. The Bertz CT molecular complexity index is 809. The van der Waals surface area contributed by atoms with Crippen molar-refractivity contribution < 1.29 is 32.9 Å². The highest BCUT2D eigenvalue weighted by molar-refractivity contribution is 7.47. The summed E-state index contributed by atoms with van der Waals surface area (Å²) in [7, 11) is 1.62. The number of quaternary nitrogens is 1. The first-order chi connectivity index (χ1) is 24.5. The van der Waals surface area contributed by atoms with Gasteiger partial charge in [0.1, 0.15) is 13.2 Å². The quantitative estimate of drug-likeness (QED) is 0.0327. The molecule has 3 N–H and O–H groups in total. The topological polar surface area (TPSA) is 105 Å². The third-order valence-electron chi connectivity index (χ3n) is 10.1. The number of likely N-dealkylation sites (N-methyl/N-ethyl adjacent to an activating group) is 1. The average Bonchev–Trinajstić information content (AvgIpc) is 3.07. The summed E-state index contributed by atoms with van der Waals surface area (Å²) in [5.74, 6) is -0.146. The number of hydrogen-bond acceptors (Lipinski definition) is 5. The third kappa shape index (κ3) is 37.6. The smallest absolute Gasteiger partial charge is 0.391 e. The van der Waals surface area contributed by atoms with Crippen molar-refractivity contribution >= 4 is 13.7 Å². The van der Waals surface area contributed by atoms with Crippen LogP contribution in [0.1, 0.15) is 213 Å². The summed E-state index contributed by atoms with van der Waals surface area (Å²) in [5.41, 5.74) is 0.